The molecule has 0 saturated heterocycles. The summed E-state index contributed by atoms with van der Waals surface area (Å²) in [5, 5.41) is 10.5. The van der Waals surface area contributed by atoms with Crippen LogP contribution < -0.4 is 4.72 Å². The summed E-state index contributed by atoms with van der Waals surface area (Å²) in [5.41, 5.74) is 1.14. The van der Waals surface area contributed by atoms with Gasteiger partial charge < -0.3 is 5.11 Å². The van der Waals surface area contributed by atoms with Crippen molar-refractivity contribution in [3.8, 4) is 0 Å². The fraction of sp³-hybridized carbons (Fsp3) is 0.111. The van der Waals surface area contributed by atoms with Gasteiger partial charge in [0.25, 0.3) is 10.0 Å². The van der Waals surface area contributed by atoms with Gasteiger partial charge in [0, 0.05) is 5.02 Å². The minimum Gasteiger partial charge on any atom is -0.481 e. The molecule has 26 heavy (non-hydrogen) atoms. The molecule has 136 valence electrons. The van der Waals surface area contributed by atoms with Gasteiger partial charge in [0.05, 0.1) is 5.41 Å². The Balaban J connectivity index is 2.11. The Bertz CT molecular complexity index is 926. The molecule has 1 amide bonds. The van der Waals surface area contributed by atoms with E-state index in [1.807, 2.05) is 0 Å². The van der Waals surface area contributed by atoms with E-state index in [1.165, 1.54) is 12.1 Å². The lowest BCUT2D eigenvalue weighted by molar-refractivity contribution is -0.146. The molecule has 1 unspecified atom stereocenters. The molecule has 0 aromatic heterocycles. The van der Waals surface area contributed by atoms with E-state index in [0.717, 1.165) is 5.41 Å². The number of halogens is 1. The largest absolute Gasteiger partial charge is 0.481 e. The van der Waals surface area contributed by atoms with Crippen molar-refractivity contribution in [3.63, 3.8) is 0 Å². The summed E-state index contributed by atoms with van der Waals surface area (Å²) in [5.74, 6) is -4.10. The summed E-state index contributed by atoms with van der Waals surface area (Å²) < 4.78 is 25.8. The number of carbonyl (C=O) groups excluding carboxylic acids is 1. The van der Waals surface area contributed by atoms with Crippen molar-refractivity contribution < 1.29 is 23.1 Å². The van der Waals surface area contributed by atoms with Gasteiger partial charge in [0.15, 0.2) is 0 Å². The van der Waals surface area contributed by atoms with Crippen LogP contribution in [0.4, 0.5) is 0 Å². The Hall–Kier alpha value is -2.64. The molecule has 0 spiro atoms. The summed E-state index contributed by atoms with van der Waals surface area (Å²) >= 11 is 5.84. The van der Waals surface area contributed by atoms with Crippen LogP contribution in [0.5, 0.6) is 0 Å². The quantitative estimate of drug-likeness (QED) is 0.704. The fourth-order valence-electron chi connectivity index (χ4n) is 2.17. The highest BCUT2D eigenvalue weighted by Crippen LogP contribution is 2.15. The number of amides is 1. The maximum atomic E-state index is 12.2. The molecule has 2 aromatic rings. The summed E-state index contributed by atoms with van der Waals surface area (Å²) in [6, 6.07) is 15.0. The lowest BCUT2D eigenvalue weighted by Gasteiger charge is -2.12. The molecule has 0 radical (unpaired) electrons. The van der Waals surface area contributed by atoms with E-state index in [1.54, 1.807) is 53.3 Å². The van der Waals surface area contributed by atoms with Gasteiger partial charge in [-0.2, -0.15) is 0 Å². The second-order valence-corrected chi connectivity index (χ2v) is 7.45. The number of benzene rings is 2. The number of nitrogens with one attached hydrogen (secondary N) is 1. The monoisotopic (exact) mass is 393 g/mol. The maximum Gasteiger partial charge on any atom is 0.316 e. The molecule has 0 bridgehead atoms. The van der Waals surface area contributed by atoms with Crippen molar-refractivity contribution in [3.05, 3.63) is 76.2 Å². The normalized spacial score (nSPS) is 12.7. The van der Waals surface area contributed by atoms with E-state index in [-0.39, 0.29) is 6.42 Å². The van der Waals surface area contributed by atoms with Crippen molar-refractivity contribution in [1.82, 2.24) is 4.72 Å². The average molecular weight is 394 g/mol. The van der Waals surface area contributed by atoms with E-state index in [9.17, 15) is 23.1 Å². The van der Waals surface area contributed by atoms with Crippen molar-refractivity contribution in [2.24, 2.45) is 5.92 Å². The van der Waals surface area contributed by atoms with Crippen LogP contribution in [0.3, 0.4) is 0 Å². The van der Waals surface area contributed by atoms with E-state index in [0.29, 0.717) is 16.1 Å². The number of hydrogen-bond donors (Lipinski definition) is 2. The molecule has 2 N–H and O–H groups in total. The van der Waals surface area contributed by atoms with Gasteiger partial charge in [-0.15, -0.1) is 0 Å². The molecule has 2 aromatic carbocycles. The molecule has 6 nitrogen and oxygen atoms in total. The van der Waals surface area contributed by atoms with E-state index in [2.05, 4.69) is 0 Å². The van der Waals surface area contributed by atoms with Gasteiger partial charge in [-0.3, -0.25) is 9.59 Å². The molecule has 1 atom stereocenters. The Kier molecular flexibility index (Phi) is 6.54. The molecule has 0 saturated carbocycles. The highest BCUT2D eigenvalue weighted by Gasteiger charge is 2.29. The summed E-state index contributed by atoms with van der Waals surface area (Å²) in [6.07, 6.45) is 1.13. The third-order valence-corrected chi connectivity index (χ3v) is 4.64. The van der Waals surface area contributed by atoms with Crippen LogP contribution in [0.1, 0.15) is 11.1 Å². The zero-order chi connectivity index (χ0) is 19.2. The average Bonchev–Trinajstić information content (AvgIpc) is 2.58. The maximum absolute atomic E-state index is 12.2. The van der Waals surface area contributed by atoms with Gasteiger partial charge in [0.2, 0.25) is 5.91 Å². The van der Waals surface area contributed by atoms with Crippen LogP contribution >= 0.6 is 11.6 Å². The first kappa shape index (κ1) is 19.7. The first-order chi connectivity index (χ1) is 12.3. The lowest BCUT2D eigenvalue weighted by Crippen LogP contribution is -2.39. The van der Waals surface area contributed by atoms with Crippen molar-refractivity contribution >= 4 is 39.6 Å². The summed E-state index contributed by atoms with van der Waals surface area (Å²) in [7, 11) is -4.13. The number of carboxylic acid groups (broad SMARTS) is 1. The minimum absolute atomic E-state index is 0.181. The number of carboxylic acids is 1. The number of carbonyl (C=O) groups is 2. The molecule has 0 heterocycles. The molecule has 0 aliphatic rings. The SMILES string of the molecule is O=C(O)C(Cc1cccc(Cl)c1)C(=O)NS(=O)(=O)C=Cc1ccccc1. The van der Waals surface area contributed by atoms with E-state index >= 15 is 0 Å². The first-order valence-corrected chi connectivity index (χ1v) is 9.46. The standard InChI is InChI=1S/C18H16ClNO5S/c19-15-8-4-7-14(11-15)12-16(18(22)23)17(21)20-26(24,25)10-9-13-5-2-1-3-6-13/h1-11,16H,12H2,(H,20,21)(H,22,23). The van der Waals surface area contributed by atoms with Gasteiger partial charge >= 0.3 is 5.97 Å². The second-order valence-electron chi connectivity index (χ2n) is 5.45. The van der Waals surface area contributed by atoms with Crippen LogP contribution in [0, 0.1) is 5.92 Å². The molecule has 2 rings (SSSR count). The smallest absolute Gasteiger partial charge is 0.316 e. The Morgan fingerprint density at radius 1 is 1.12 bits per heavy atom. The molecular formula is C18H16ClNO5S. The molecule has 0 aliphatic carbocycles. The van der Waals surface area contributed by atoms with Crippen molar-refractivity contribution in [2.45, 2.75) is 6.42 Å². The van der Waals surface area contributed by atoms with Crippen molar-refractivity contribution in [2.75, 3.05) is 0 Å². The van der Waals surface area contributed by atoms with Crippen LogP contribution in [-0.4, -0.2) is 25.4 Å². The predicted molar refractivity (Wildman–Crippen MR) is 98.8 cm³/mol. The van der Waals surface area contributed by atoms with Crippen LogP contribution in [0.25, 0.3) is 6.08 Å². The molecule has 0 aliphatic heterocycles. The highest BCUT2D eigenvalue weighted by atomic mass is 35.5. The number of hydrogen-bond acceptors (Lipinski definition) is 4. The number of sulfonamides is 1. The van der Waals surface area contributed by atoms with Gasteiger partial charge in [-0.25, -0.2) is 13.1 Å². The van der Waals surface area contributed by atoms with Crippen LogP contribution in [0.2, 0.25) is 5.02 Å². The molecule has 8 heteroatoms. The van der Waals surface area contributed by atoms with Crippen molar-refractivity contribution in [1.29, 1.82) is 0 Å². The predicted octanol–water partition coefficient (Wildman–Crippen LogP) is 2.70. The minimum atomic E-state index is -4.13. The fourth-order valence-corrected chi connectivity index (χ4v) is 3.21. The Morgan fingerprint density at radius 3 is 2.42 bits per heavy atom. The van der Waals surface area contributed by atoms with Crippen LogP contribution in [0.15, 0.2) is 60.0 Å². The summed E-state index contributed by atoms with van der Waals surface area (Å²) in [4.78, 5) is 23.6. The second kappa shape index (κ2) is 8.64. The molecular weight excluding hydrogens is 378 g/mol. The third kappa shape index (κ3) is 6.02. The third-order valence-electron chi connectivity index (χ3n) is 3.43. The van der Waals surface area contributed by atoms with E-state index in [4.69, 9.17) is 11.6 Å². The van der Waals surface area contributed by atoms with E-state index < -0.39 is 27.8 Å². The zero-order valence-corrected chi connectivity index (χ0v) is 15.1. The lowest BCUT2D eigenvalue weighted by atomic mass is 9.99. The topological polar surface area (TPSA) is 101 Å². The molecule has 0 fully saturated rings. The van der Waals surface area contributed by atoms with Gasteiger partial charge in [-0.1, -0.05) is 54.1 Å². The van der Waals surface area contributed by atoms with Gasteiger partial charge in [0.1, 0.15) is 5.92 Å². The first-order valence-electron chi connectivity index (χ1n) is 7.54. The number of rotatable bonds is 7. The zero-order valence-electron chi connectivity index (χ0n) is 13.5. The Morgan fingerprint density at radius 2 is 1.81 bits per heavy atom. The summed E-state index contributed by atoms with van der Waals surface area (Å²) in [6.45, 7) is 0. The highest BCUT2D eigenvalue weighted by molar-refractivity contribution is 7.93. The number of aliphatic carboxylic acids is 1. The Labute approximate surface area is 156 Å². The van der Waals surface area contributed by atoms with Crippen LogP contribution in [-0.2, 0) is 26.0 Å². The van der Waals surface area contributed by atoms with Gasteiger partial charge in [-0.05, 0) is 35.8 Å².